The summed E-state index contributed by atoms with van der Waals surface area (Å²) in [6.45, 7) is 6.83. The predicted molar refractivity (Wildman–Crippen MR) is 153 cm³/mol. The van der Waals surface area contributed by atoms with Crippen LogP contribution in [0.25, 0.3) is 0 Å². The summed E-state index contributed by atoms with van der Waals surface area (Å²) >= 11 is 6.39. The third-order valence-electron chi connectivity index (χ3n) is 6.65. The molecule has 2 aromatic rings. The number of hydrogen-bond donors (Lipinski definition) is 1. The van der Waals surface area contributed by atoms with Crippen LogP contribution in [0.4, 0.5) is 5.69 Å². The SMILES string of the molecule is CCC(C)NC(=O)C(CC)N(Cc1ccccc1Cl)C(=O)CCCN(c1ccc2c(c1)OCCO2)S(C)(=O)=O. The minimum atomic E-state index is -3.64. The molecule has 0 saturated heterocycles. The number of benzene rings is 2. The van der Waals surface area contributed by atoms with Gasteiger partial charge >= 0.3 is 0 Å². The van der Waals surface area contributed by atoms with E-state index >= 15 is 0 Å². The van der Waals surface area contributed by atoms with Crippen molar-refractivity contribution >= 4 is 39.1 Å². The minimum absolute atomic E-state index is 0.0295. The highest BCUT2D eigenvalue weighted by molar-refractivity contribution is 7.92. The zero-order chi connectivity index (χ0) is 28.6. The van der Waals surface area contributed by atoms with E-state index in [4.69, 9.17) is 21.1 Å². The van der Waals surface area contributed by atoms with Crippen molar-refractivity contribution in [3.63, 3.8) is 0 Å². The van der Waals surface area contributed by atoms with Crippen LogP contribution < -0.4 is 19.1 Å². The number of sulfonamides is 1. The van der Waals surface area contributed by atoms with Crippen LogP contribution in [-0.4, -0.2) is 63.2 Å². The second-order valence-corrected chi connectivity index (χ2v) is 11.9. The molecule has 2 aromatic carbocycles. The first kappa shape index (κ1) is 30.6. The molecule has 2 atom stereocenters. The van der Waals surface area contributed by atoms with Gasteiger partial charge in [0.15, 0.2) is 11.5 Å². The van der Waals surface area contributed by atoms with Crippen LogP contribution in [-0.2, 0) is 26.2 Å². The molecule has 0 saturated carbocycles. The molecule has 1 aliphatic rings. The number of carbonyl (C=O) groups is 2. The third kappa shape index (κ3) is 8.25. The molecular formula is C28H38ClN3O6S. The molecule has 0 aromatic heterocycles. The van der Waals surface area contributed by atoms with E-state index in [0.717, 1.165) is 18.2 Å². The van der Waals surface area contributed by atoms with Gasteiger partial charge in [0.1, 0.15) is 19.3 Å². The highest BCUT2D eigenvalue weighted by Gasteiger charge is 2.30. The van der Waals surface area contributed by atoms with Crippen molar-refractivity contribution in [2.75, 3.05) is 30.3 Å². The minimum Gasteiger partial charge on any atom is -0.486 e. The van der Waals surface area contributed by atoms with Crippen molar-refractivity contribution < 1.29 is 27.5 Å². The number of nitrogens with one attached hydrogen (secondary N) is 1. The molecule has 2 unspecified atom stereocenters. The zero-order valence-electron chi connectivity index (χ0n) is 23.0. The fraction of sp³-hybridized carbons (Fsp3) is 0.500. The van der Waals surface area contributed by atoms with E-state index in [9.17, 15) is 18.0 Å². The molecule has 0 bridgehead atoms. The Kier molecular flexibility index (Phi) is 10.9. The average molecular weight is 580 g/mol. The Labute approximate surface area is 236 Å². The Bertz CT molecular complexity index is 1260. The summed E-state index contributed by atoms with van der Waals surface area (Å²) < 4.78 is 37.7. The number of nitrogens with zero attached hydrogens (tertiary/aromatic N) is 2. The Morgan fingerprint density at radius 1 is 1.05 bits per heavy atom. The normalized spacial score (nSPS) is 14.3. The lowest BCUT2D eigenvalue weighted by molar-refractivity contribution is -0.141. The lowest BCUT2D eigenvalue weighted by Crippen LogP contribution is -2.50. The molecule has 1 heterocycles. The third-order valence-corrected chi connectivity index (χ3v) is 8.21. The summed E-state index contributed by atoms with van der Waals surface area (Å²) in [6.07, 6.45) is 2.62. The highest BCUT2D eigenvalue weighted by atomic mass is 35.5. The first-order valence-electron chi connectivity index (χ1n) is 13.3. The van der Waals surface area contributed by atoms with Crippen LogP contribution in [0.1, 0.15) is 52.0 Å². The van der Waals surface area contributed by atoms with Gasteiger partial charge in [0.2, 0.25) is 21.8 Å². The van der Waals surface area contributed by atoms with Crippen LogP contribution >= 0.6 is 11.6 Å². The molecule has 9 nitrogen and oxygen atoms in total. The van der Waals surface area contributed by atoms with Crippen molar-refractivity contribution in [1.82, 2.24) is 10.2 Å². The van der Waals surface area contributed by atoms with Gasteiger partial charge in [-0.2, -0.15) is 0 Å². The summed E-state index contributed by atoms with van der Waals surface area (Å²) in [5.74, 6) is 0.565. The molecule has 0 aliphatic carbocycles. The molecule has 0 spiro atoms. The second kappa shape index (κ2) is 13.9. The summed E-state index contributed by atoms with van der Waals surface area (Å²) in [5.41, 5.74) is 1.16. The predicted octanol–water partition coefficient (Wildman–Crippen LogP) is 4.38. The Morgan fingerprint density at radius 2 is 1.74 bits per heavy atom. The van der Waals surface area contributed by atoms with Crippen LogP contribution in [0, 0.1) is 0 Å². The monoisotopic (exact) mass is 579 g/mol. The number of anilines is 1. The van der Waals surface area contributed by atoms with Gasteiger partial charge in [-0.1, -0.05) is 43.6 Å². The molecule has 2 amide bonds. The van der Waals surface area contributed by atoms with Gasteiger partial charge in [0, 0.05) is 36.6 Å². The molecular weight excluding hydrogens is 542 g/mol. The average Bonchev–Trinajstić information content (AvgIpc) is 2.90. The maximum Gasteiger partial charge on any atom is 0.243 e. The molecule has 0 fully saturated rings. The van der Waals surface area contributed by atoms with E-state index in [2.05, 4.69) is 5.32 Å². The van der Waals surface area contributed by atoms with Crippen LogP contribution in [0.2, 0.25) is 5.02 Å². The molecule has 214 valence electrons. The van der Waals surface area contributed by atoms with Crippen LogP contribution in [0.3, 0.4) is 0 Å². The number of ether oxygens (including phenoxy) is 2. The van der Waals surface area contributed by atoms with E-state index in [-0.39, 0.29) is 43.8 Å². The van der Waals surface area contributed by atoms with Crippen LogP contribution in [0.5, 0.6) is 11.5 Å². The summed E-state index contributed by atoms with van der Waals surface area (Å²) in [6, 6.07) is 11.5. The van der Waals surface area contributed by atoms with Crippen LogP contribution in [0.15, 0.2) is 42.5 Å². The van der Waals surface area contributed by atoms with E-state index in [1.54, 1.807) is 29.2 Å². The van der Waals surface area contributed by atoms with Gasteiger partial charge in [-0.15, -0.1) is 0 Å². The first-order valence-corrected chi connectivity index (χ1v) is 15.5. The standard InChI is InChI=1S/C28H38ClN3O6S/c1-5-20(3)30-28(34)24(6-2)31(19-21-10-7-8-11-23(21)29)27(33)12-9-15-32(39(4,35)36)22-13-14-25-26(18-22)38-17-16-37-25/h7-8,10-11,13-14,18,20,24H,5-6,9,12,15-17,19H2,1-4H3,(H,30,34). The number of amides is 2. The zero-order valence-corrected chi connectivity index (χ0v) is 24.6. The van der Waals surface area contributed by atoms with E-state index in [1.807, 2.05) is 39.0 Å². The fourth-order valence-corrected chi connectivity index (χ4v) is 5.51. The first-order chi connectivity index (χ1) is 18.5. The maximum absolute atomic E-state index is 13.6. The lowest BCUT2D eigenvalue weighted by Gasteiger charge is -2.32. The van der Waals surface area contributed by atoms with Gasteiger partial charge in [-0.3, -0.25) is 13.9 Å². The largest absolute Gasteiger partial charge is 0.486 e. The highest BCUT2D eigenvalue weighted by Crippen LogP contribution is 2.35. The number of halogens is 1. The molecule has 3 rings (SSSR count). The van der Waals surface area contributed by atoms with E-state index in [1.165, 1.54) is 4.31 Å². The molecule has 1 N–H and O–H groups in total. The molecule has 11 heteroatoms. The quantitative estimate of drug-likeness (QED) is 0.378. The number of hydrogen-bond acceptors (Lipinski definition) is 6. The summed E-state index contributed by atoms with van der Waals surface area (Å²) in [7, 11) is -3.64. The molecule has 1 aliphatic heterocycles. The number of fused-ring (bicyclic) bond motifs is 1. The van der Waals surface area contributed by atoms with Gasteiger partial charge in [0.25, 0.3) is 0 Å². The Balaban J connectivity index is 1.78. The van der Waals surface area contributed by atoms with Crippen molar-refractivity contribution in [1.29, 1.82) is 0 Å². The lowest BCUT2D eigenvalue weighted by atomic mass is 10.1. The summed E-state index contributed by atoms with van der Waals surface area (Å²) in [4.78, 5) is 28.3. The van der Waals surface area contributed by atoms with Crippen molar-refractivity contribution in [2.45, 2.75) is 65.1 Å². The number of carbonyl (C=O) groups excluding carboxylic acids is 2. The topological polar surface area (TPSA) is 105 Å². The fourth-order valence-electron chi connectivity index (χ4n) is 4.36. The van der Waals surface area contributed by atoms with E-state index < -0.39 is 16.1 Å². The smallest absolute Gasteiger partial charge is 0.243 e. The van der Waals surface area contributed by atoms with Gasteiger partial charge in [-0.25, -0.2) is 8.42 Å². The van der Waals surface area contributed by atoms with Gasteiger partial charge in [0.05, 0.1) is 11.9 Å². The van der Waals surface area contributed by atoms with Crippen molar-refractivity contribution in [3.05, 3.63) is 53.1 Å². The van der Waals surface area contributed by atoms with E-state index in [0.29, 0.717) is 41.8 Å². The molecule has 0 radical (unpaired) electrons. The molecule has 39 heavy (non-hydrogen) atoms. The van der Waals surface area contributed by atoms with Gasteiger partial charge < -0.3 is 19.7 Å². The Morgan fingerprint density at radius 3 is 2.38 bits per heavy atom. The van der Waals surface area contributed by atoms with Crippen molar-refractivity contribution in [3.8, 4) is 11.5 Å². The summed E-state index contributed by atoms with van der Waals surface area (Å²) in [5, 5.41) is 3.49. The van der Waals surface area contributed by atoms with Crippen molar-refractivity contribution in [2.24, 2.45) is 0 Å². The maximum atomic E-state index is 13.6. The Hall–Kier alpha value is -2.98. The van der Waals surface area contributed by atoms with Gasteiger partial charge in [-0.05, 0) is 49.9 Å². The second-order valence-electron chi connectivity index (χ2n) is 9.62. The number of rotatable bonds is 13.